The fraction of sp³-hybridized carbons (Fsp3) is 0.875. The van der Waals surface area contributed by atoms with Gasteiger partial charge in [-0.05, 0) is 24.7 Å². The molecular weight excluding hydrogens is 220 g/mol. The molecule has 0 heterocycles. The average molecular weight is 244 g/mol. The number of hydrogen-bond donors (Lipinski definition) is 0. The van der Waals surface area contributed by atoms with Crippen molar-refractivity contribution < 1.29 is 0 Å². The second-order valence-electron chi connectivity index (χ2n) is 6.24. The summed E-state index contributed by atoms with van der Waals surface area (Å²) in [6, 6.07) is 4.64. The van der Waals surface area contributed by atoms with Gasteiger partial charge < -0.3 is 0 Å². The Morgan fingerprint density at radius 2 is 1.22 bits per heavy atom. The highest BCUT2D eigenvalue weighted by molar-refractivity contribution is 5.04. The van der Waals surface area contributed by atoms with E-state index >= 15 is 0 Å². The summed E-state index contributed by atoms with van der Waals surface area (Å²) in [7, 11) is 0. The molecule has 0 aromatic carbocycles. The van der Waals surface area contributed by atoms with Crippen molar-refractivity contribution in [3.8, 4) is 12.1 Å². The van der Waals surface area contributed by atoms with Crippen molar-refractivity contribution in [2.75, 3.05) is 0 Å². The minimum atomic E-state index is 0.00846. The Morgan fingerprint density at radius 3 is 1.72 bits per heavy atom. The zero-order chi connectivity index (χ0) is 12.8. The van der Waals surface area contributed by atoms with Gasteiger partial charge in [-0.2, -0.15) is 10.5 Å². The summed E-state index contributed by atoms with van der Waals surface area (Å²) < 4.78 is 0. The summed E-state index contributed by atoms with van der Waals surface area (Å²) >= 11 is 0. The highest BCUT2D eigenvalue weighted by Gasteiger charge is 2.34. The van der Waals surface area contributed by atoms with Crippen molar-refractivity contribution in [2.45, 2.75) is 64.2 Å². The van der Waals surface area contributed by atoms with E-state index in [0.717, 1.165) is 18.8 Å². The highest BCUT2D eigenvalue weighted by atomic mass is 14.4. The minimum Gasteiger partial charge on any atom is -0.198 e. The van der Waals surface area contributed by atoms with Crippen LogP contribution in [0.3, 0.4) is 0 Å². The molecule has 0 saturated heterocycles. The molecule has 98 valence electrons. The van der Waals surface area contributed by atoms with Gasteiger partial charge in [-0.15, -0.1) is 0 Å². The lowest BCUT2D eigenvalue weighted by molar-refractivity contribution is 0.362. The maximum Gasteiger partial charge on any atom is 0.0669 e. The molecule has 0 aliphatic heterocycles. The summed E-state index contributed by atoms with van der Waals surface area (Å²) in [5.74, 6) is 1.58. The summed E-state index contributed by atoms with van der Waals surface area (Å²) in [6.07, 6.45) is 13.0. The highest BCUT2D eigenvalue weighted by Crippen LogP contribution is 2.39. The number of nitrogens with zero attached hydrogens (tertiary/aromatic N) is 2. The molecule has 2 nitrogen and oxygen atoms in total. The van der Waals surface area contributed by atoms with Crippen LogP contribution in [0, 0.1) is 46.3 Å². The summed E-state index contributed by atoms with van der Waals surface area (Å²) in [4.78, 5) is 0. The molecule has 0 bridgehead atoms. The van der Waals surface area contributed by atoms with Gasteiger partial charge in [-0.25, -0.2) is 0 Å². The Bertz CT molecular complexity index is 306. The zero-order valence-corrected chi connectivity index (χ0v) is 11.3. The van der Waals surface area contributed by atoms with E-state index in [1.54, 1.807) is 0 Å². The first kappa shape index (κ1) is 13.4. The second kappa shape index (κ2) is 6.79. The lowest BCUT2D eigenvalue weighted by Crippen LogP contribution is -2.03. The van der Waals surface area contributed by atoms with Gasteiger partial charge in [0.25, 0.3) is 0 Å². The first-order chi connectivity index (χ1) is 8.83. The molecule has 2 unspecified atom stereocenters. The molecule has 2 rings (SSSR count). The van der Waals surface area contributed by atoms with E-state index < -0.39 is 0 Å². The van der Waals surface area contributed by atoms with Gasteiger partial charge >= 0.3 is 0 Å². The fourth-order valence-corrected chi connectivity index (χ4v) is 3.79. The normalized spacial score (nSPS) is 33.6. The molecule has 0 aromatic rings. The Balaban J connectivity index is 1.74. The van der Waals surface area contributed by atoms with E-state index in [1.165, 1.54) is 51.4 Å². The lowest BCUT2D eigenvalue weighted by atomic mass is 9.89. The van der Waals surface area contributed by atoms with Gasteiger partial charge in [0, 0.05) is 0 Å². The van der Waals surface area contributed by atoms with E-state index in [1.807, 2.05) is 0 Å². The smallest absolute Gasteiger partial charge is 0.0669 e. The van der Waals surface area contributed by atoms with Crippen LogP contribution < -0.4 is 0 Å². The van der Waals surface area contributed by atoms with Crippen LogP contribution >= 0.6 is 0 Å². The Hall–Kier alpha value is -1.02. The van der Waals surface area contributed by atoms with Crippen LogP contribution in [0.2, 0.25) is 0 Å². The summed E-state index contributed by atoms with van der Waals surface area (Å²) in [5, 5.41) is 18.1. The van der Waals surface area contributed by atoms with Gasteiger partial charge in [0.15, 0.2) is 0 Å². The maximum absolute atomic E-state index is 9.04. The van der Waals surface area contributed by atoms with E-state index in [-0.39, 0.29) is 11.8 Å². The Kier molecular flexibility index (Phi) is 5.06. The predicted molar refractivity (Wildman–Crippen MR) is 71.4 cm³/mol. The fourth-order valence-electron chi connectivity index (χ4n) is 3.79. The largest absolute Gasteiger partial charge is 0.198 e. The molecule has 0 spiro atoms. The molecule has 2 aliphatic rings. The zero-order valence-electron chi connectivity index (χ0n) is 11.3. The van der Waals surface area contributed by atoms with Crippen LogP contribution in [-0.4, -0.2) is 0 Å². The molecule has 0 N–H and O–H groups in total. The summed E-state index contributed by atoms with van der Waals surface area (Å²) in [6.45, 7) is 0. The Morgan fingerprint density at radius 1 is 0.722 bits per heavy atom. The molecule has 18 heavy (non-hydrogen) atoms. The second-order valence-corrected chi connectivity index (χ2v) is 6.24. The first-order valence-corrected chi connectivity index (χ1v) is 7.62. The molecule has 0 amide bonds. The van der Waals surface area contributed by atoms with Crippen LogP contribution in [0.25, 0.3) is 0 Å². The molecule has 0 radical (unpaired) electrons. The van der Waals surface area contributed by atoms with Crippen molar-refractivity contribution >= 4 is 0 Å². The minimum absolute atomic E-state index is 0.00846. The van der Waals surface area contributed by atoms with Gasteiger partial charge in [-0.3, -0.25) is 0 Å². The third-order valence-electron chi connectivity index (χ3n) is 4.95. The molecule has 2 saturated carbocycles. The van der Waals surface area contributed by atoms with Crippen molar-refractivity contribution in [2.24, 2.45) is 23.7 Å². The van der Waals surface area contributed by atoms with E-state index in [0.29, 0.717) is 5.92 Å². The predicted octanol–water partition coefficient (Wildman–Crippen LogP) is 4.43. The third kappa shape index (κ3) is 3.49. The number of nitriles is 2. The first-order valence-electron chi connectivity index (χ1n) is 7.62. The van der Waals surface area contributed by atoms with E-state index in [9.17, 15) is 0 Å². The lowest BCUT2D eigenvalue weighted by Gasteiger charge is -2.16. The van der Waals surface area contributed by atoms with E-state index in [4.69, 9.17) is 10.5 Å². The molecule has 2 aliphatic carbocycles. The average Bonchev–Trinajstić information content (AvgIpc) is 2.62. The van der Waals surface area contributed by atoms with Crippen LogP contribution in [0.4, 0.5) is 0 Å². The van der Waals surface area contributed by atoms with Crippen molar-refractivity contribution in [1.82, 2.24) is 0 Å². The topological polar surface area (TPSA) is 47.6 Å². The molecule has 2 heteroatoms. The van der Waals surface area contributed by atoms with Crippen molar-refractivity contribution in [1.29, 1.82) is 10.5 Å². The molecule has 2 fully saturated rings. The molecule has 2 atom stereocenters. The monoisotopic (exact) mass is 244 g/mol. The van der Waals surface area contributed by atoms with Gasteiger partial charge in [-0.1, -0.05) is 51.4 Å². The van der Waals surface area contributed by atoms with Gasteiger partial charge in [0.2, 0.25) is 0 Å². The SMILES string of the molecule is N#CC1CC(CCC2CCCCCC2)CC1C#N. The van der Waals surface area contributed by atoms with Crippen molar-refractivity contribution in [3.63, 3.8) is 0 Å². The van der Waals surface area contributed by atoms with Crippen LogP contribution in [0.1, 0.15) is 64.2 Å². The van der Waals surface area contributed by atoms with Gasteiger partial charge in [0.05, 0.1) is 24.0 Å². The van der Waals surface area contributed by atoms with E-state index in [2.05, 4.69) is 12.1 Å². The summed E-state index contributed by atoms with van der Waals surface area (Å²) in [5.41, 5.74) is 0. The number of hydrogen-bond acceptors (Lipinski definition) is 2. The number of rotatable bonds is 3. The standard InChI is InChI=1S/C16H24N2/c17-11-15-9-14(10-16(15)12-18)8-7-13-5-3-1-2-4-6-13/h13-16H,1-10H2. The van der Waals surface area contributed by atoms with Crippen molar-refractivity contribution in [3.05, 3.63) is 0 Å². The van der Waals surface area contributed by atoms with Crippen LogP contribution in [0.5, 0.6) is 0 Å². The third-order valence-corrected chi connectivity index (χ3v) is 4.95. The van der Waals surface area contributed by atoms with Crippen LogP contribution in [-0.2, 0) is 0 Å². The van der Waals surface area contributed by atoms with Gasteiger partial charge in [0.1, 0.15) is 0 Å². The van der Waals surface area contributed by atoms with Crippen LogP contribution in [0.15, 0.2) is 0 Å². The molecule has 0 aromatic heterocycles. The Labute approximate surface area is 111 Å². The quantitative estimate of drug-likeness (QED) is 0.690. The molecular formula is C16H24N2. The maximum atomic E-state index is 9.04.